The van der Waals surface area contributed by atoms with Gasteiger partial charge in [0.15, 0.2) is 5.65 Å². The zero-order valence-electron chi connectivity index (χ0n) is 11.7. The van der Waals surface area contributed by atoms with Crippen LogP contribution >= 0.6 is 15.9 Å². The Kier molecular flexibility index (Phi) is 3.05. The lowest BCUT2D eigenvalue weighted by molar-refractivity contribution is 0.663. The molecule has 0 aliphatic carbocycles. The van der Waals surface area contributed by atoms with Gasteiger partial charge in [-0.3, -0.25) is 4.57 Å². The van der Waals surface area contributed by atoms with E-state index in [0.29, 0.717) is 5.95 Å². The Hall–Kier alpha value is -1.82. The molecular weight excluding hydrogens is 318 g/mol. The van der Waals surface area contributed by atoms with Gasteiger partial charge in [0, 0.05) is 11.0 Å². The van der Waals surface area contributed by atoms with Gasteiger partial charge in [-0.1, -0.05) is 22.0 Å². The van der Waals surface area contributed by atoms with Gasteiger partial charge in [0.25, 0.3) is 0 Å². The fraction of sp³-hybridized carbons (Fsp3) is 0.286. The quantitative estimate of drug-likeness (QED) is 0.783. The molecule has 0 amide bonds. The van der Waals surface area contributed by atoms with E-state index in [0.717, 1.165) is 39.1 Å². The molecule has 3 aromatic rings. The lowest BCUT2D eigenvalue weighted by Gasteiger charge is -2.12. The third kappa shape index (κ3) is 1.75. The number of anilines is 1. The number of hydrogen-bond acceptors (Lipinski definition) is 3. The molecule has 0 aliphatic rings. The van der Waals surface area contributed by atoms with Crippen molar-refractivity contribution in [1.29, 1.82) is 0 Å². The number of aromatic nitrogens is 4. The van der Waals surface area contributed by atoms with Crippen LogP contribution in [0.25, 0.3) is 16.9 Å². The minimum absolute atomic E-state index is 0.490. The molecule has 0 saturated carbocycles. The van der Waals surface area contributed by atoms with Crippen LogP contribution in [0, 0.1) is 13.8 Å². The number of rotatable bonds is 2. The normalized spacial score (nSPS) is 11.4. The zero-order chi connectivity index (χ0) is 14.4. The molecule has 2 heterocycles. The summed E-state index contributed by atoms with van der Waals surface area (Å²) in [6, 6.07) is 6.06. The summed E-state index contributed by atoms with van der Waals surface area (Å²) in [4.78, 5) is 4.47. The lowest BCUT2D eigenvalue weighted by Crippen LogP contribution is -2.07. The summed E-state index contributed by atoms with van der Waals surface area (Å²) in [6.45, 7) is 6.86. The van der Waals surface area contributed by atoms with Crippen LogP contribution in [0.3, 0.4) is 0 Å². The second-order valence-electron chi connectivity index (χ2n) is 4.76. The molecule has 3 rings (SSSR count). The zero-order valence-corrected chi connectivity index (χ0v) is 13.3. The van der Waals surface area contributed by atoms with Crippen LogP contribution in [-0.4, -0.2) is 19.3 Å². The molecule has 104 valence electrons. The minimum atomic E-state index is 0.490. The highest BCUT2D eigenvalue weighted by Gasteiger charge is 2.19. The molecule has 2 N–H and O–H groups in total. The lowest BCUT2D eigenvalue weighted by atomic mass is 10.2. The maximum Gasteiger partial charge on any atom is 0.207 e. The van der Waals surface area contributed by atoms with Crippen LogP contribution in [0.4, 0.5) is 5.95 Å². The predicted octanol–water partition coefficient (Wildman–Crippen LogP) is 3.20. The van der Waals surface area contributed by atoms with Crippen LogP contribution in [0.2, 0.25) is 0 Å². The largest absolute Gasteiger partial charge is 0.369 e. The summed E-state index contributed by atoms with van der Waals surface area (Å²) in [5.74, 6) is 0.490. The van der Waals surface area contributed by atoms with Crippen molar-refractivity contribution in [2.75, 3.05) is 5.73 Å². The van der Waals surface area contributed by atoms with Gasteiger partial charge >= 0.3 is 0 Å². The first-order valence-electron chi connectivity index (χ1n) is 6.51. The molecule has 0 bridgehead atoms. The topological polar surface area (TPSA) is 61.7 Å². The van der Waals surface area contributed by atoms with E-state index >= 15 is 0 Å². The van der Waals surface area contributed by atoms with Gasteiger partial charge in [-0.25, -0.2) is 9.67 Å². The smallest absolute Gasteiger partial charge is 0.207 e. The predicted molar refractivity (Wildman–Crippen MR) is 84.1 cm³/mol. The van der Waals surface area contributed by atoms with Gasteiger partial charge in [0.2, 0.25) is 5.95 Å². The summed E-state index contributed by atoms with van der Waals surface area (Å²) in [6.07, 6.45) is 0. The number of aryl methyl sites for hydroxylation is 2. The van der Waals surface area contributed by atoms with Gasteiger partial charge in [-0.15, -0.1) is 0 Å². The third-order valence-corrected chi connectivity index (χ3v) is 4.38. The summed E-state index contributed by atoms with van der Waals surface area (Å²) in [7, 11) is 0. The van der Waals surface area contributed by atoms with Gasteiger partial charge in [0.1, 0.15) is 5.52 Å². The summed E-state index contributed by atoms with van der Waals surface area (Å²) < 4.78 is 4.96. The fourth-order valence-electron chi connectivity index (χ4n) is 2.48. The molecule has 20 heavy (non-hydrogen) atoms. The Morgan fingerprint density at radius 1 is 1.30 bits per heavy atom. The highest BCUT2D eigenvalue weighted by atomic mass is 79.9. The molecular formula is C14H16BrN5. The van der Waals surface area contributed by atoms with Crippen LogP contribution in [0.15, 0.2) is 22.7 Å². The molecule has 1 aromatic carbocycles. The van der Waals surface area contributed by atoms with Crippen LogP contribution in [0.1, 0.15) is 18.2 Å². The summed E-state index contributed by atoms with van der Waals surface area (Å²) >= 11 is 3.56. The van der Waals surface area contributed by atoms with Crippen LogP contribution in [0.5, 0.6) is 0 Å². The van der Waals surface area contributed by atoms with Gasteiger partial charge < -0.3 is 5.73 Å². The van der Waals surface area contributed by atoms with Crippen molar-refractivity contribution in [3.8, 4) is 5.69 Å². The Morgan fingerprint density at radius 3 is 2.75 bits per heavy atom. The molecule has 0 unspecified atom stereocenters. The van der Waals surface area contributed by atoms with Crippen molar-refractivity contribution in [3.05, 3.63) is 33.9 Å². The minimum Gasteiger partial charge on any atom is -0.369 e. The molecule has 0 radical (unpaired) electrons. The van der Waals surface area contributed by atoms with Gasteiger partial charge in [-0.05, 0) is 38.5 Å². The second-order valence-corrected chi connectivity index (χ2v) is 5.62. The van der Waals surface area contributed by atoms with E-state index < -0.39 is 0 Å². The summed E-state index contributed by atoms with van der Waals surface area (Å²) in [5, 5.41) is 4.51. The van der Waals surface area contributed by atoms with Crippen molar-refractivity contribution < 1.29 is 0 Å². The molecule has 6 heteroatoms. The first-order chi connectivity index (χ1) is 9.54. The molecule has 0 fully saturated rings. The van der Waals surface area contributed by atoms with E-state index in [2.05, 4.69) is 39.9 Å². The second kappa shape index (κ2) is 4.63. The Labute approximate surface area is 125 Å². The summed E-state index contributed by atoms with van der Waals surface area (Å²) in [5.41, 5.74) is 11.0. The van der Waals surface area contributed by atoms with Crippen molar-refractivity contribution in [2.24, 2.45) is 0 Å². The standard InChI is InChI=1S/C14H16BrN5/c1-4-19-13-12(9(3)18-19)17-14(16)20(13)11-7-5-6-10(15)8(11)2/h5-7H,4H2,1-3H3,(H2,16,17). The van der Waals surface area contributed by atoms with Crippen molar-refractivity contribution in [2.45, 2.75) is 27.3 Å². The average molecular weight is 334 g/mol. The number of nitrogen functional groups attached to an aromatic ring is 1. The van der Waals surface area contributed by atoms with Crippen LogP contribution < -0.4 is 5.73 Å². The highest BCUT2D eigenvalue weighted by molar-refractivity contribution is 9.10. The number of imidazole rings is 1. The van der Waals surface area contributed by atoms with Gasteiger partial charge in [-0.2, -0.15) is 5.10 Å². The van der Waals surface area contributed by atoms with E-state index in [1.807, 2.05) is 34.4 Å². The molecule has 0 spiro atoms. The van der Waals surface area contributed by atoms with E-state index in [4.69, 9.17) is 5.73 Å². The molecule has 0 atom stereocenters. The van der Waals surface area contributed by atoms with E-state index in [-0.39, 0.29) is 0 Å². The highest BCUT2D eigenvalue weighted by Crippen LogP contribution is 2.29. The van der Waals surface area contributed by atoms with E-state index in [1.54, 1.807) is 0 Å². The van der Waals surface area contributed by atoms with Crippen molar-refractivity contribution in [3.63, 3.8) is 0 Å². The maximum absolute atomic E-state index is 6.14. The molecule has 2 aromatic heterocycles. The van der Waals surface area contributed by atoms with E-state index in [9.17, 15) is 0 Å². The van der Waals surface area contributed by atoms with Crippen molar-refractivity contribution in [1.82, 2.24) is 19.3 Å². The first-order valence-corrected chi connectivity index (χ1v) is 7.30. The maximum atomic E-state index is 6.14. The monoisotopic (exact) mass is 333 g/mol. The SMILES string of the molecule is CCn1nc(C)c2nc(N)n(-c3cccc(Br)c3C)c21. The number of nitrogens with two attached hydrogens (primary N) is 1. The number of fused-ring (bicyclic) bond motifs is 1. The first kappa shape index (κ1) is 13.2. The third-order valence-electron chi connectivity index (χ3n) is 3.52. The average Bonchev–Trinajstić information content (AvgIpc) is 2.90. The van der Waals surface area contributed by atoms with Crippen LogP contribution in [-0.2, 0) is 6.54 Å². The Morgan fingerprint density at radius 2 is 2.05 bits per heavy atom. The Bertz CT molecular complexity index is 800. The van der Waals surface area contributed by atoms with E-state index in [1.165, 1.54) is 0 Å². The van der Waals surface area contributed by atoms with Gasteiger partial charge in [0.05, 0.1) is 11.4 Å². The molecule has 0 aliphatic heterocycles. The number of nitrogens with zero attached hydrogens (tertiary/aromatic N) is 4. The fourth-order valence-corrected chi connectivity index (χ4v) is 2.84. The number of hydrogen-bond donors (Lipinski definition) is 1. The molecule has 5 nitrogen and oxygen atoms in total. The number of benzene rings is 1. The molecule has 0 saturated heterocycles. The van der Waals surface area contributed by atoms with Crippen molar-refractivity contribution >= 4 is 33.0 Å². The number of halogens is 1. The Balaban J connectivity index is 2.41.